The SMILES string of the molecule is CCOC(=O)c1nnn(Cc2ccsc2)c1CC(C)C. The second-order valence-corrected chi connectivity index (χ2v) is 5.77. The summed E-state index contributed by atoms with van der Waals surface area (Å²) in [5, 5.41) is 12.2. The number of hydrogen-bond acceptors (Lipinski definition) is 5. The number of rotatable bonds is 6. The number of aromatic nitrogens is 3. The van der Waals surface area contributed by atoms with Gasteiger partial charge in [-0.2, -0.15) is 11.3 Å². The van der Waals surface area contributed by atoms with Crippen molar-refractivity contribution in [2.45, 2.75) is 33.7 Å². The fourth-order valence-electron chi connectivity index (χ4n) is 1.96. The number of esters is 1. The first-order valence-corrected chi connectivity index (χ1v) is 7.66. The summed E-state index contributed by atoms with van der Waals surface area (Å²) >= 11 is 1.65. The predicted molar refractivity (Wildman–Crippen MR) is 77.9 cm³/mol. The third kappa shape index (κ3) is 3.45. The van der Waals surface area contributed by atoms with Gasteiger partial charge in [0.25, 0.3) is 0 Å². The van der Waals surface area contributed by atoms with E-state index in [0.717, 1.165) is 12.1 Å². The zero-order chi connectivity index (χ0) is 14.5. The number of nitrogens with zero attached hydrogens (tertiary/aromatic N) is 3. The summed E-state index contributed by atoms with van der Waals surface area (Å²) in [6.45, 7) is 6.98. The molecule has 2 aromatic heterocycles. The molecule has 2 rings (SSSR count). The van der Waals surface area contributed by atoms with Gasteiger partial charge in [0, 0.05) is 0 Å². The lowest BCUT2D eigenvalue weighted by atomic mass is 10.1. The minimum Gasteiger partial charge on any atom is -0.461 e. The van der Waals surface area contributed by atoms with Gasteiger partial charge in [-0.3, -0.25) is 0 Å². The van der Waals surface area contributed by atoms with Crippen molar-refractivity contribution < 1.29 is 9.53 Å². The third-order valence-electron chi connectivity index (χ3n) is 2.82. The molecule has 0 aromatic carbocycles. The lowest BCUT2D eigenvalue weighted by molar-refractivity contribution is 0.0517. The molecule has 0 amide bonds. The smallest absolute Gasteiger partial charge is 0.360 e. The molecule has 0 aliphatic rings. The van der Waals surface area contributed by atoms with Gasteiger partial charge < -0.3 is 4.74 Å². The molecule has 0 aliphatic heterocycles. The van der Waals surface area contributed by atoms with Gasteiger partial charge in [-0.15, -0.1) is 5.10 Å². The molecule has 0 bridgehead atoms. The maximum atomic E-state index is 11.9. The molecule has 0 fully saturated rings. The van der Waals surface area contributed by atoms with Crippen molar-refractivity contribution in [2.24, 2.45) is 5.92 Å². The van der Waals surface area contributed by atoms with E-state index in [9.17, 15) is 4.79 Å². The van der Waals surface area contributed by atoms with E-state index in [2.05, 4.69) is 35.6 Å². The third-order valence-corrected chi connectivity index (χ3v) is 3.55. The monoisotopic (exact) mass is 293 g/mol. The van der Waals surface area contributed by atoms with Crippen LogP contribution >= 0.6 is 11.3 Å². The summed E-state index contributed by atoms with van der Waals surface area (Å²) in [7, 11) is 0. The Bertz CT molecular complexity index is 561. The van der Waals surface area contributed by atoms with Crippen LogP contribution in [0.15, 0.2) is 16.8 Å². The van der Waals surface area contributed by atoms with Crippen molar-refractivity contribution in [3.8, 4) is 0 Å². The highest BCUT2D eigenvalue weighted by Crippen LogP contribution is 2.16. The number of carbonyl (C=O) groups excluding carboxylic acids is 1. The van der Waals surface area contributed by atoms with Crippen molar-refractivity contribution in [1.82, 2.24) is 15.0 Å². The fourth-order valence-corrected chi connectivity index (χ4v) is 2.62. The minimum absolute atomic E-state index is 0.343. The second kappa shape index (κ2) is 6.65. The molecule has 0 saturated heterocycles. The van der Waals surface area contributed by atoms with Gasteiger partial charge in [-0.25, -0.2) is 9.48 Å². The molecule has 0 aliphatic carbocycles. The van der Waals surface area contributed by atoms with Gasteiger partial charge in [0.05, 0.1) is 18.8 Å². The fraction of sp³-hybridized carbons (Fsp3) is 0.500. The van der Waals surface area contributed by atoms with Crippen molar-refractivity contribution in [2.75, 3.05) is 6.61 Å². The Kier molecular flexibility index (Phi) is 4.89. The average Bonchev–Trinajstić information content (AvgIpc) is 3.01. The summed E-state index contributed by atoms with van der Waals surface area (Å²) in [4.78, 5) is 11.9. The van der Waals surface area contributed by atoms with Crippen molar-refractivity contribution in [3.05, 3.63) is 33.8 Å². The molecule has 0 radical (unpaired) electrons. The van der Waals surface area contributed by atoms with Crippen LogP contribution in [-0.2, 0) is 17.7 Å². The summed E-state index contributed by atoms with van der Waals surface area (Å²) in [5.41, 5.74) is 2.36. The van der Waals surface area contributed by atoms with E-state index in [-0.39, 0.29) is 5.97 Å². The molecule has 20 heavy (non-hydrogen) atoms. The standard InChI is InChI=1S/C14H19N3O2S/c1-4-19-14(18)13-12(7-10(2)3)17(16-15-13)8-11-5-6-20-9-11/h5-6,9-10H,4,7-8H2,1-3H3. The number of hydrogen-bond donors (Lipinski definition) is 0. The Morgan fingerprint density at radius 3 is 2.90 bits per heavy atom. The zero-order valence-corrected chi connectivity index (χ0v) is 12.8. The van der Waals surface area contributed by atoms with Crippen LogP contribution in [0.2, 0.25) is 0 Å². The van der Waals surface area contributed by atoms with Crippen LogP contribution in [0.3, 0.4) is 0 Å². The number of carbonyl (C=O) groups is 1. The quantitative estimate of drug-likeness (QED) is 0.768. The Labute approximate surface area is 122 Å². The molecule has 108 valence electrons. The van der Waals surface area contributed by atoms with Gasteiger partial charge in [0.2, 0.25) is 0 Å². The van der Waals surface area contributed by atoms with Gasteiger partial charge in [0.15, 0.2) is 5.69 Å². The van der Waals surface area contributed by atoms with E-state index in [1.807, 2.05) is 5.38 Å². The first-order valence-electron chi connectivity index (χ1n) is 6.72. The molecule has 6 heteroatoms. The summed E-state index contributed by atoms with van der Waals surface area (Å²) in [6, 6.07) is 2.05. The highest BCUT2D eigenvalue weighted by atomic mass is 32.1. The van der Waals surface area contributed by atoms with E-state index in [1.165, 1.54) is 5.56 Å². The van der Waals surface area contributed by atoms with Crippen molar-refractivity contribution in [1.29, 1.82) is 0 Å². The first-order chi connectivity index (χ1) is 9.61. The molecule has 0 spiro atoms. The molecule has 2 aromatic rings. The number of ether oxygens (including phenoxy) is 1. The minimum atomic E-state index is -0.389. The highest BCUT2D eigenvalue weighted by Gasteiger charge is 2.21. The van der Waals surface area contributed by atoms with Gasteiger partial charge >= 0.3 is 5.97 Å². The summed E-state index contributed by atoms with van der Waals surface area (Å²) in [5.74, 6) is 0.0302. The van der Waals surface area contributed by atoms with E-state index < -0.39 is 0 Å². The lowest BCUT2D eigenvalue weighted by Gasteiger charge is -2.09. The van der Waals surface area contributed by atoms with Gasteiger partial charge in [-0.05, 0) is 41.7 Å². The van der Waals surface area contributed by atoms with Crippen LogP contribution in [0, 0.1) is 5.92 Å². The maximum absolute atomic E-state index is 11.9. The molecule has 5 nitrogen and oxygen atoms in total. The van der Waals surface area contributed by atoms with Crippen LogP contribution in [0.1, 0.15) is 42.5 Å². The normalized spacial score (nSPS) is 11.0. The maximum Gasteiger partial charge on any atom is 0.360 e. The average molecular weight is 293 g/mol. The Morgan fingerprint density at radius 2 is 2.30 bits per heavy atom. The number of thiophene rings is 1. The second-order valence-electron chi connectivity index (χ2n) is 4.99. The highest BCUT2D eigenvalue weighted by molar-refractivity contribution is 7.07. The molecule has 0 unspecified atom stereocenters. The Balaban J connectivity index is 2.29. The van der Waals surface area contributed by atoms with Gasteiger partial charge in [0.1, 0.15) is 0 Å². The lowest BCUT2D eigenvalue weighted by Crippen LogP contribution is -2.13. The molecular formula is C14H19N3O2S. The van der Waals surface area contributed by atoms with Crippen LogP contribution in [0.5, 0.6) is 0 Å². The molecule has 0 N–H and O–H groups in total. The zero-order valence-electron chi connectivity index (χ0n) is 12.0. The van der Waals surface area contributed by atoms with E-state index >= 15 is 0 Å². The van der Waals surface area contributed by atoms with Crippen LogP contribution in [0.25, 0.3) is 0 Å². The first kappa shape index (κ1) is 14.7. The van der Waals surface area contributed by atoms with Crippen molar-refractivity contribution in [3.63, 3.8) is 0 Å². The van der Waals surface area contributed by atoms with E-state index in [4.69, 9.17) is 4.74 Å². The molecule has 0 saturated carbocycles. The Hall–Kier alpha value is -1.69. The van der Waals surface area contributed by atoms with Crippen LogP contribution in [-0.4, -0.2) is 27.6 Å². The van der Waals surface area contributed by atoms with Crippen LogP contribution < -0.4 is 0 Å². The topological polar surface area (TPSA) is 57.0 Å². The van der Waals surface area contributed by atoms with E-state index in [1.54, 1.807) is 22.9 Å². The molecule has 0 atom stereocenters. The Morgan fingerprint density at radius 1 is 1.50 bits per heavy atom. The summed E-state index contributed by atoms with van der Waals surface area (Å²) in [6.07, 6.45) is 0.755. The predicted octanol–water partition coefficient (Wildman–Crippen LogP) is 2.76. The van der Waals surface area contributed by atoms with Gasteiger partial charge in [-0.1, -0.05) is 19.1 Å². The largest absolute Gasteiger partial charge is 0.461 e. The van der Waals surface area contributed by atoms with E-state index in [0.29, 0.717) is 24.8 Å². The summed E-state index contributed by atoms with van der Waals surface area (Å²) < 4.78 is 6.85. The van der Waals surface area contributed by atoms with Crippen molar-refractivity contribution >= 4 is 17.3 Å². The van der Waals surface area contributed by atoms with Crippen LogP contribution in [0.4, 0.5) is 0 Å². The molecular weight excluding hydrogens is 274 g/mol. The molecule has 2 heterocycles.